The first-order chi connectivity index (χ1) is 6.17. The van der Waals surface area contributed by atoms with Crippen LogP contribution in [0, 0.1) is 11.3 Å². The molecule has 4 fully saturated rings. The summed E-state index contributed by atoms with van der Waals surface area (Å²) >= 11 is 0. The first-order valence-electron chi connectivity index (χ1n) is 5.38. The summed E-state index contributed by atoms with van der Waals surface area (Å²) in [5.74, 6) is 0.731. The van der Waals surface area contributed by atoms with Crippen molar-refractivity contribution in [3.05, 3.63) is 0 Å². The predicted molar refractivity (Wildman–Crippen MR) is 52.5 cm³/mol. The Bertz CT molecular complexity index is 212. The molecule has 4 rings (SSSR count). The van der Waals surface area contributed by atoms with E-state index in [1.54, 1.807) is 0 Å². The Labute approximate surface area is 79.9 Å². The fourth-order valence-electron chi connectivity index (χ4n) is 3.55. The fraction of sp³-hybridized carbons (Fsp3) is 1.00. The molecule has 4 aliphatic heterocycles. The molecule has 0 amide bonds. The Balaban J connectivity index is 1.98. The summed E-state index contributed by atoms with van der Waals surface area (Å²) in [5, 5.41) is 0. The zero-order valence-electron chi connectivity index (χ0n) is 8.37. The van der Waals surface area contributed by atoms with Crippen LogP contribution in [0.25, 0.3) is 0 Å². The van der Waals surface area contributed by atoms with Gasteiger partial charge in [-0.25, -0.2) is 0 Å². The molecule has 0 aliphatic carbocycles. The van der Waals surface area contributed by atoms with Gasteiger partial charge in [-0.05, 0) is 0 Å². The minimum absolute atomic E-state index is 0.373. The van der Waals surface area contributed by atoms with Crippen molar-refractivity contribution < 1.29 is 0 Å². The summed E-state index contributed by atoms with van der Waals surface area (Å²) in [7, 11) is 0. The molecule has 4 bridgehead atoms. The van der Waals surface area contributed by atoms with Crippen molar-refractivity contribution in [3.63, 3.8) is 0 Å². The second-order valence-corrected chi connectivity index (χ2v) is 5.41. The second kappa shape index (κ2) is 2.47. The van der Waals surface area contributed by atoms with Crippen LogP contribution in [0.1, 0.15) is 6.92 Å². The standard InChI is InChI=1S/C10H19N3/c1-10-6-12-2-3-13(7-10)5-8(4-12)9(10)11/h8-9H,2-7,11H2,1H3. The molecule has 2 N–H and O–H groups in total. The molecule has 3 atom stereocenters. The van der Waals surface area contributed by atoms with Gasteiger partial charge in [0.15, 0.2) is 0 Å². The van der Waals surface area contributed by atoms with Crippen LogP contribution in [0.5, 0.6) is 0 Å². The highest BCUT2D eigenvalue weighted by atomic mass is 15.3. The molecule has 0 radical (unpaired) electrons. The van der Waals surface area contributed by atoms with Crippen LogP contribution >= 0.6 is 0 Å². The van der Waals surface area contributed by atoms with Gasteiger partial charge in [-0.3, -0.25) is 0 Å². The molecule has 0 aromatic heterocycles. The highest BCUT2D eigenvalue weighted by Gasteiger charge is 2.49. The molecular formula is C10H19N3. The SMILES string of the molecule is CC12CN3CCN(CC(C3)C1N)C2. The molecule has 0 aromatic rings. The Morgan fingerprint density at radius 1 is 1.15 bits per heavy atom. The molecule has 4 saturated heterocycles. The van der Waals surface area contributed by atoms with Crippen LogP contribution in [0.15, 0.2) is 0 Å². The van der Waals surface area contributed by atoms with Crippen LogP contribution in [0.3, 0.4) is 0 Å². The van der Waals surface area contributed by atoms with Gasteiger partial charge >= 0.3 is 0 Å². The average Bonchev–Trinajstić information content (AvgIpc) is 2.28. The largest absolute Gasteiger partial charge is 0.327 e. The molecular weight excluding hydrogens is 162 g/mol. The quantitative estimate of drug-likeness (QED) is 0.551. The number of rotatable bonds is 0. The lowest BCUT2D eigenvalue weighted by Crippen LogP contribution is -2.65. The van der Waals surface area contributed by atoms with E-state index in [-0.39, 0.29) is 0 Å². The number of fused-ring (bicyclic) bond motifs is 1. The van der Waals surface area contributed by atoms with Crippen molar-refractivity contribution in [2.75, 3.05) is 39.3 Å². The molecule has 4 aliphatic rings. The van der Waals surface area contributed by atoms with E-state index in [0.717, 1.165) is 5.92 Å². The van der Waals surface area contributed by atoms with Crippen LogP contribution in [0.4, 0.5) is 0 Å². The monoisotopic (exact) mass is 181 g/mol. The maximum Gasteiger partial charge on any atom is 0.0170 e. The van der Waals surface area contributed by atoms with Crippen molar-refractivity contribution in [2.45, 2.75) is 13.0 Å². The Hall–Kier alpha value is -0.120. The normalized spacial score (nSPS) is 59.5. The number of piperidine rings is 2. The first kappa shape index (κ1) is 8.21. The van der Waals surface area contributed by atoms with Crippen molar-refractivity contribution in [2.24, 2.45) is 17.1 Å². The van der Waals surface area contributed by atoms with E-state index in [1.165, 1.54) is 39.3 Å². The van der Waals surface area contributed by atoms with E-state index >= 15 is 0 Å². The molecule has 74 valence electrons. The molecule has 0 aromatic carbocycles. The van der Waals surface area contributed by atoms with Gasteiger partial charge < -0.3 is 15.5 Å². The maximum atomic E-state index is 6.32. The lowest BCUT2D eigenvalue weighted by Gasteiger charge is -2.52. The minimum atomic E-state index is 0.373. The van der Waals surface area contributed by atoms with Crippen LogP contribution < -0.4 is 5.73 Å². The van der Waals surface area contributed by atoms with Crippen molar-refractivity contribution in [3.8, 4) is 0 Å². The number of hydrogen-bond donors (Lipinski definition) is 1. The molecule has 3 nitrogen and oxygen atoms in total. The van der Waals surface area contributed by atoms with Crippen molar-refractivity contribution >= 4 is 0 Å². The summed E-state index contributed by atoms with van der Waals surface area (Å²) < 4.78 is 0. The maximum absolute atomic E-state index is 6.32. The minimum Gasteiger partial charge on any atom is -0.327 e. The Morgan fingerprint density at radius 3 is 2.15 bits per heavy atom. The summed E-state index contributed by atoms with van der Waals surface area (Å²) in [6.45, 7) is 9.83. The lowest BCUT2D eigenvalue weighted by molar-refractivity contribution is -0.00384. The van der Waals surface area contributed by atoms with Gasteiger partial charge in [-0.1, -0.05) is 6.92 Å². The zero-order valence-corrected chi connectivity index (χ0v) is 8.37. The van der Waals surface area contributed by atoms with Gasteiger partial charge in [0.25, 0.3) is 0 Å². The Morgan fingerprint density at radius 2 is 1.69 bits per heavy atom. The lowest BCUT2D eigenvalue weighted by atomic mass is 9.70. The number of hydrogen-bond acceptors (Lipinski definition) is 3. The van der Waals surface area contributed by atoms with Crippen LogP contribution in [-0.2, 0) is 0 Å². The van der Waals surface area contributed by atoms with E-state index in [2.05, 4.69) is 16.7 Å². The van der Waals surface area contributed by atoms with Crippen molar-refractivity contribution in [1.29, 1.82) is 0 Å². The topological polar surface area (TPSA) is 32.5 Å². The van der Waals surface area contributed by atoms with Gasteiger partial charge in [-0.2, -0.15) is 0 Å². The van der Waals surface area contributed by atoms with E-state index < -0.39 is 0 Å². The molecule has 3 unspecified atom stereocenters. The first-order valence-corrected chi connectivity index (χ1v) is 5.38. The zero-order chi connectivity index (χ0) is 9.05. The average molecular weight is 181 g/mol. The number of nitrogens with two attached hydrogens (primary N) is 1. The van der Waals surface area contributed by atoms with Gasteiger partial charge in [0.2, 0.25) is 0 Å². The Kier molecular flexibility index (Phi) is 1.56. The summed E-state index contributed by atoms with van der Waals surface area (Å²) in [4.78, 5) is 5.22. The van der Waals surface area contributed by atoms with E-state index in [4.69, 9.17) is 5.73 Å². The third kappa shape index (κ3) is 1.07. The van der Waals surface area contributed by atoms with Gasteiger partial charge in [-0.15, -0.1) is 0 Å². The molecule has 0 spiro atoms. The summed E-state index contributed by atoms with van der Waals surface area (Å²) in [5.41, 5.74) is 6.69. The molecule has 3 heteroatoms. The third-order valence-corrected chi connectivity index (χ3v) is 4.20. The van der Waals surface area contributed by atoms with E-state index in [0.29, 0.717) is 11.5 Å². The van der Waals surface area contributed by atoms with Crippen LogP contribution in [0.2, 0.25) is 0 Å². The highest BCUT2D eigenvalue weighted by molar-refractivity contribution is 5.05. The fourth-order valence-corrected chi connectivity index (χ4v) is 3.55. The smallest absolute Gasteiger partial charge is 0.0170 e. The van der Waals surface area contributed by atoms with Crippen molar-refractivity contribution in [1.82, 2.24) is 9.80 Å². The van der Waals surface area contributed by atoms with Gasteiger partial charge in [0, 0.05) is 56.6 Å². The summed E-state index contributed by atoms with van der Waals surface area (Å²) in [6.07, 6.45) is 0. The van der Waals surface area contributed by atoms with E-state index in [9.17, 15) is 0 Å². The third-order valence-electron chi connectivity index (χ3n) is 4.20. The van der Waals surface area contributed by atoms with Gasteiger partial charge in [0.1, 0.15) is 0 Å². The molecule has 4 heterocycles. The second-order valence-electron chi connectivity index (χ2n) is 5.41. The van der Waals surface area contributed by atoms with Gasteiger partial charge in [0.05, 0.1) is 0 Å². The van der Waals surface area contributed by atoms with E-state index in [1.807, 2.05) is 0 Å². The van der Waals surface area contributed by atoms with Crippen LogP contribution in [-0.4, -0.2) is 55.1 Å². The molecule has 0 saturated carbocycles. The molecule has 13 heavy (non-hydrogen) atoms. The predicted octanol–water partition coefficient (Wildman–Crippen LogP) is -0.419. The summed E-state index contributed by atoms with van der Waals surface area (Å²) in [6, 6.07) is 0.443. The highest BCUT2D eigenvalue weighted by Crippen LogP contribution is 2.38. The number of nitrogens with zero attached hydrogens (tertiary/aromatic N) is 2.